The predicted molar refractivity (Wildman–Crippen MR) is 133 cm³/mol. The van der Waals surface area contributed by atoms with Crippen LogP contribution < -0.4 is 4.43 Å². The monoisotopic (exact) mass is 451 g/mol. The van der Waals surface area contributed by atoms with E-state index in [4.69, 9.17) is 9.16 Å². The van der Waals surface area contributed by atoms with Gasteiger partial charge in [-0.15, -0.1) is 0 Å². The van der Waals surface area contributed by atoms with Crippen molar-refractivity contribution in [3.63, 3.8) is 0 Å². The van der Waals surface area contributed by atoms with Crippen molar-refractivity contribution in [2.24, 2.45) is 17.3 Å². The highest BCUT2D eigenvalue weighted by Crippen LogP contribution is 2.63. The van der Waals surface area contributed by atoms with E-state index in [0.29, 0.717) is 18.4 Å². The second-order valence-corrected chi connectivity index (χ2v) is 16.9. The van der Waals surface area contributed by atoms with Crippen LogP contribution in [0.3, 0.4) is 0 Å². The van der Waals surface area contributed by atoms with E-state index in [1.165, 1.54) is 42.4 Å². The summed E-state index contributed by atoms with van der Waals surface area (Å²) in [6, 6.07) is 7.12. The van der Waals surface area contributed by atoms with Gasteiger partial charge >= 0.3 is 0 Å². The molecule has 0 bridgehead atoms. The molecule has 0 aliphatic heterocycles. The van der Waals surface area contributed by atoms with Gasteiger partial charge in [0.2, 0.25) is 8.32 Å². The van der Waals surface area contributed by atoms with Crippen LogP contribution in [0, 0.1) is 28.6 Å². The standard InChI is InChI=1S/C28H41NO2Si/c1-27(2,3)32(6,7)31-26-17-19-8-10-23-22(24(19)16-20(26)18-30-5)12-14-28(4)21(13-15-29)9-11-25(23)28/h13,16-17,22-23,25H,8-12,14,18H2,1-7H3/t22-,23+,25-,28+/m0/s1. The molecule has 0 saturated heterocycles. The summed E-state index contributed by atoms with van der Waals surface area (Å²) in [5.41, 5.74) is 5.90. The average molecular weight is 452 g/mol. The minimum Gasteiger partial charge on any atom is -0.543 e. The topological polar surface area (TPSA) is 42.2 Å². The third-order valence-electron chi connectivity index (χ3n) is 9.46. The van der Waals surface area contributed by atoms with Crippen LogP contribution in [0.2, 0.25) is 18.1 Å². The molecule has 4 rings (SSSR count). The minimum atomic E-state index is -1.92. The number of rotatable bonds is 4. The molecule has 2 saturated carbocycles. The Balaban J connectivity index is 1.68. The molecule has 174 valence electrons. The largest absolute Gasteiger partial charge is 0.543 e. The molecule has 1 aromatic rings. The Morgan fingerprint density at radius 3 is 2.59 bits per heavy atom. The first-order valence-electron chi connectivity index (χ1n) is 12.4. The van der Waals surface area contributed by atoms with Gasteiger partial charge in [0.05, 0.1) is 12.7 Å². The Kier molecular flexibility index (Phi) is 6.14. The fourth-order valence-electron chi connectivity index (χ4n) is 6.60. The zero-order chi connectivity index (χ0) is 23.3. The molecule has 3 aliphatic carbocycles. The van der Waals surface area contributed by atoms with Crippen molar-refractivity contribution in [3.8, 4) is 11.8 Å². The van der Waals surface area contributed by atoms with E-state index in [1.54, 1.807) is 12.7 Å². The lowest BCUT2D eigenvalue weighted by Gasteiger charge is -2.49. The number of hydrogen-bond donors (Lipinski definition) is 0. The van der Waals surface area contributed by atoms with Gasteiger partial charge in [0.15, 0.2) is 0 Å². The summed E-state index contributed by atoms with van der Waals surface area (Å²) in [4.78, 5) is 0. The minimum absolute atomic E-state index is 0.170. The Morgan fingerprint density at radius 2 is 1.94 bits per heavy atom. The smallest absolute Gasteiger partial charge is 0.250 e. The quantitative estimate of drug-likeness (QED) is 0.351. The summed E-state index contributed by atoms with van der Waals surface area (Å²) in [7, 11) is -0.134. The van der Waals surface area contributed by atoms with Crippen LogP contribution >= 0.6 is 0 Å². The van der Waals surface area contributed by atoms with Crippen molar-refractivity contribution < 1.29 is 9.16 Å². The molecule has 0 N–H and O–H groups in total. The van der Waals surface area contributed by atoms with Gasteiger partial charge in [-0.1, -0.05) is 33.3 Å². The van der Waals surface area contributed by atoms with Crippen molar-refractivity contribution in [2.75, 3.05) is 7.11 Å². The summed E-state index contributed by atoms with van der Waals surface area (Å²) in [5.74, 6) is 3.13. The van der Waals surface area contributed by atoms with Gasteiger partial charge in [-0.05, 0) is 103 Å². The fourth-order valence-corrected chi connectivity index (χ4v) is 7.65. The summed E-state index contributed by atoms with van der Waals surface area (Å²) in [5, 5.41) is 9.45. The third-order valence-corrected chi connectivity index (χ3v) is 13.8. The summed E-state index contributed by atoms with van der Waals surface area (Å²) in [6.07, 6.45) is 9.05. The Bertz CT molecular complexity index is 951. The second kappa shape index (κ2) is 8.33. The van der Waals surface area contributed by atoms with Gasteiger partial charge in [-0.25, -0.2) is 0 Å². The first-order valence-corrected chi connectivity index (χ1v) is 15.4. The van der Waals surface area contributed by atoms with Gasteiger partial charge in [0.25, 0.3) is 0 Å². The summed E-state index contributed by atoms with van der Waals surface area (Å²) in [6.45, 7) is 14.6. The van der Waals surface area contributed by atoms with Crippen LogP contribution in [0.4, 0.5) is 0 Å². The van der Waals surface area contributed by atoms with Crippen LogP contribution in [0.1, 0.15) is 82.4 Å². The lowest BCUT2D eigenvalue weighted by atomic mass is 9.55. The zero-order valence-corrected chi connectivity index (χ0v) is 22.2. The molecule has 0 aromatic heterocycles. The predicted octanol–water partition coefficient (Wildman–Crippen LogP) is 7.52. The summed E-state index contributed by atoms with van der Waals surface area (Å²) < 4.78 is 12.4. The number of methoxy groups -OCH3 is 1. The molecular weight excluding hydrogens is 410 g/mol. The highest BCUT2D eigenvalue weighted by Gasteiger charge is 2.52. The molecule has 0 amide bonds. The summed E-state index contributed by atoms with van der Waals surface area (Å²) >= 11 is 0. The van der Waals surface area contributed by atoms with E-state index in [1.807, 2.05) is 6.08 Å². The molecule has 0 radical (unpaired) electrons. The van der Waals surface area contributed by atoms with Crippen molar-refractivity contribution in [3.05, 3.63) is 40.5 Å². The first kappa shape index (κ1) is 23.6. The van der Waals surface area contributed by atoms with E-state index >= 15 is 0 Å². The molecule has 32 heavy (non-hydrogen) atoms. The van der Waals surface area contributed by atoms with Crippen molar-refractivity contribution in [1.29, 1.82) is 5.26 Å². The maximum atomic E-state index is 9.28. The Morgan fingerprint density at radius 1 is 1.19 bits per heavy atom. The van der Waals surface area contributed by atoms with Crippen LogP contribution in [0.15, 0.2) is 23.8 Å². The maximum absolute atomic E-state index is 9.28. The number of allylic oxidation sites excluding steroid dienone is 2. The second-order valence-electron chi connectivity index (χ2n) is 12.2. The number of aryl methyl sites for hydroxylation is 1. The highest BCUT2D eigenvalue weighted by atomic mass is 28.4. The Hall–Kier alpha value is -1.57. The van der Waals surface area contributed by atoms with Crippen molar-refractivity contribution in [2.45, 2.75) is 96.9 Å². The molecule has 0 spiro atoms. The van der Waals surface area contributed by atoms with Gasteiger partial charge in [-0.2, -0.15) is 5.26 Å². The van der Waals surface area contributed by atoms with Crippen molar-refractivity contribution in [1.82, 2.24) is 0 Å². The number of fused-ring (bicyclic) bond motifs is 5. The maximum Gasteiger partial charge on any atom is 0.250 e. The van der Waals surface area contributed by atoms with Crippen LogP contribution in [0.5, 0.6) is 5.75 Å². The molecule has 1 aromatic carbocycles. The van der Waals surface area contributed by atoms with E-state index in [2.05, 4.69) is 59.0 Å². The molecule has 4 heteroatoms. The molecule has 0 heterocycles. The lowest BCUT2D eigenvalue weighted by molar-refractivity contribution is 0.0812. The SMILES string of the molecule is COCc1cc2c(cc1O[Si](C)(C)C(C)(C)C)CC[C@@H]1[C@@H]2CC[C@]2(C)C(=CC#N)CC[C@@H]12. The number of nitriles is 1. The first-order chi connectivity index (χ1) is 15.0. The van der Waals surface area contributed by atoms with Crippen LogP contribution in [0.25, 0.3) is 0 Å². The molecule has 3 nitrogen and oxygen atoms in total. The van der Waals surface area contributed by atoms with Gasteiger partial charge < -0.3 is 9.16 Å². The fraction of sp³-hybridized carbons (Fsp3) is 0.679. The normalized spacial score (nSPS) is 30.9. The third kappa shape index (κ3) is 3.86. The van der Waals surface area contributed by atoms with E-state index in [0.717, 1.165) is 24.5 Å². The van der Waals surface area contributed by atoms with E-state index in [9.17, 15) is 5.26 Å². The highest BCUT2D eigenvalue weighted by molar-refractivity contribution is 6.74. The molecule has 2 fully saturated rings. The number of ether oxygens (including phenoxy) is 1. The van der Waals surface area contributed by atoms with Gasteiger partial charge in [-0.3, -0.25) is 0 Å². The average Bonchev–Trinajstić information content (AvgIpc) is 3.04. The number of hydrogen-bond acceptors (Lipinski definition) is 3. The molecule has 3 aliphatic rings. The van der Waals surface area contributed by atoms with Crippen molar-refractivity contribution >= 4 is 8.32 Å². The lowest BCUT2D eigenvalue weighted by Crippen LogP contribution is -2.44. The molecule has 0 unspecified atom stereocenters. The molecular formula is C28H41NO2Si. The van der Waals surface area contributed by atoms with Crippen LogP contribution in [-0.4, -0.2) is 15.4 Å². The van der Waals surface area contributed by atoms with E-state index < -0.39 is 8.32 Å². The van der Waals surface area contributed by atoms with Gasteiger partial charge in [0, 0.05) is 18.7 Å². The Labute approximate surface area is 196 Å². The molecule has 4 atom stereocenters. The number of benzene rings is 1. The number of nitrogens with zero attached hydrogens (tertiary/aromatic N) is 1. The van der Waals surface area contributed by atoms with Gasteiger partial charge in [0.1, 0.15) is 5.75 Å². The zero-order valence-electron chi connectivity index (χ0n) is 21.2. The van der Waals surface area contributed by atoms with E-state index in [-0.39, 0.29) is 10.5 Å². The van der Waals surface area contributed by atoms with Crippen LogP contribution in [-0.2, 0) is 17.8 Å².